The second-order valence-electron chi connectivity index (χ2n) is 5.89. The van der Waals surface area contributed by atoms with Crippen LogP contribution in [-0.2, 0) is 11.8 Å². The molecule has 0 saturated heterocycles. The molecule has 0 atom stereocenters. The lowest BCUT2D eigenvalue weighted by Crippen LogP contribution is -2.27. The van der Waals surface area contributed by atoms with Gasteiger partial charge in [0.15, 0.2) is 0 Å². The number of rotatable bonds is 2. The third-order valence-electron chi connectivity index (χ3n) is 2.90. The fraction of sp³-hybridized carbons (Fsp3) is 0.333. The van der Waals surface area contributed by atoms with Crippen molar-refractivity contribution in [1.82, 2.24) is 9.78 Å². The first-order chi connectivity index (χ1) is 10.2. The van der Waals surface area contributed by atoms with Crippen molar-refractivity contribution in [2.24, 2.45) is 7.05 Å². The number of nitrogens with zero attached hydrogens (tertiary/aromatic N) is 2. The minimum absolute atomic E-state index is 0.414. The lowest BCUT2D eigenvalue weighted by atomic mass is 10.1. The van der Waals surface area contributed by atoms with E-state index in [1.54, 1.807) is 50.8 Å². The van der Waals surface area contributed by atoms with Gasteiger partial charge >= 0.3 is 6.09 Å². The van der Waals surface area contributed by atoms with Gasteiger partial charge in [-0.3, -0.25) is 10.00 Å². The number of hydrogen-bond donors (Lipinski definition) is 2. The number of carbonyl (C=O) groups excluding carboxylic acids is 1. The molecule has 1 aromatic carbocycles. The van der Waals surface area contributed by atoms with Crippen molar-refractivity contribution in [2.75, 3.05) is 11.1 Å². The maximum atomic E-state index is 11.9. The molecule has 0 aliphatic carbocycles. The summed E-state index contributed by atoms with van der Waals surface area (Å²) >= 11 is 6.12. The van der Waals surface area contributed by atoms with Crippen molar-refractivity contribution < 1.29 is 9.53 Å². The zero-order chi connectivity index (χ0) is 16.5. The normalized spacial score (nSPS) is 11.3. The van der Waals surface area contributed by atoms with Gasteiger partial charge in [0.1, 0.15) is 11.4 Å². The Hall–Kier alpha value is -2.21. The molecule has 0 aliphatic rings. The van der Waals surface area contributed by atoms with Crippen LogP contribution in [0.15, 0.2) is 24.4 Å². The van der Waals surface area contributed by atoms with E-state index in [1.165, 1.54) is 0 Å². The highest BCUT2D eigenvalue weighted by Crippen LogP contribution is 2.31. The zero-order valence-corrected chi connectivity index (χ0v) is 13.7. The van der Waals surface area contributed by atoms with E-state index >= 15 is 0 Å². The molecule has 22 heavy (non-hydrogen) atoms. The highest BCUT2D eigenvalue weighted by molar-refractivity contribution is 6.33. The largest absolute Gasteiger partial charge is 0.444 e. The van der Waals surface area contributed by atoms with Crippen molar-refractivity contribution in [3.05, 3.63) is 29.4 Å². The van der Waals surface area contributed by atoms with Crippen molar-refractivity contribution >= 4 is 29.2 Å². The van der Waals surface area contributed by atoms with Gasteiger partial charge in [-0.1, -0.05) is 17.7 Å². The Labute approximate surface area is 134 Å². The van der Waals surface area contributed by atoms with E-state index in [4.69, 9.17) is 22.1 Å². The number of carbonyl (C=O) groups is 1. The molecule has 0 spiro atoms. The third kappa shape index (κ3) is 3.71. The number of ether oxygens (including phenoxy) is 1. The molecule has 0 saturated carbocycles. The number of benzene rings is 1. The molecular weight excluding hydrogens is 304 g/mol. The van der Waals surface area contributed by atoms with E-state index in [-0.39, 0.29) is 0 Å². The van der Waals surface area contributed by atoms with Crippen LogP contribution in [0.25, 0.3) is 11.1 Å². The molecule has 1 heterocycles. The Kier molecular flexibility index (Phi) is 4.32. The molecule has 7 heteroatoms. The van der Waals surface area contributed by atoms with Crippen LogP contribution in [0.5, 0.6) is 0 Å². The fourth-order valence-corrected chi connectivity index (χ4v) is 2.04. The molecule has 1 amide bonds. The number of hydrogen-bond acceptors (Lipinski definition) is 4. The van der Waals surface area contributed by atoms with Gasteiger partial charge in [-0.2, -0.15) is 5.10 Å². The van der Waals surface area contributed by atoms with E-state index < -0.39 is 11.7 Å². The summed E-state index contributed by atoms with van der Waals surface area (Å²) in [5.74, 6) is 0.533. The predicted octanol–water partition coefficient (Wildman–Crippen LogP) is 3.67. The lowest BCUT2D eigenvalue weighted by molar-refractivity contribution is 0.0636. The number of amides is 1. The van der Waals surface area contributed by atoms with Crippen LogP contribution < -0.4 is 11.1 Å². The molecular formula is C15H19ClN4O2. The quantitative estimate of drug-likeness (QED) is 0.883. The molecule has 1 aromatic heterocycles. The topological polar surface area (TPSA) is 82.2 Å². The number of anilines is 2. The van der Waals surface area contributed by atoms with Gasteiger partial charge in [-0.25, -0.2) is 4.79 Å². The van der Waals surface area contributed by atoms with E-state index in [1.807, 2.05) is 6.07 Å². The van der Waals surface area contributed by atoms with Crippen LogP contribution in [0.2, 0.25) is 5.02 Å². The second-order valence-corrected chi connectivity index (χ2v) is 6.30. The summed E-state index contributed by atoms with van der Waals surface area (Å²) < 4.78 is 6.79. The van der Waals surface area contributed by atoms with Crippen molar-refractivity contribution in [3.8, 4) is 11.1 Å². The zero-order valence-electron chi connectivity index (χ0n) is 13.0. The van der Waals surface area contributed by atoms with Crippen LogP contribution in [0, 0.1) is 0 Å². The Morgan fingerprint density at radius 3 is 2.64 bits per heavy atom. The number of halogens is 1. The molecule has 0 radical (unpaired) electrons. The SMILES string of the molecule is Cn1ncc(-c2ccc(Cl)c(NC(=O)OC(C)(C)C)c2)c1N. The molecule has 0 fully saturated rings. The third-order valence-corrected chi connectivity index (χ3v) is 3.23. The summed E-state index contributed by atoms with van der Waals surface area (Å²) in [6.45, 7) is 5.38. The molecule has 6 nitrogen and oxygen atoms in total. The summed E-state index contributed by atoms with van der Waals surface area (Å²) in [4.78, 5) is 11.9. The Bertz CT molecular complexity index is 704. The maximum absolute atomic E-state index is 11.9. The molecule has 2 aromatic rings. The van der Waals surface area contributed by atoms with Crippen LogP contribution in [-0.4, -0.2) is 21.5 Å². The van der Waals surface area contributed by atoms with E-state index in [9.17, 15) is 4.79 Å². The summed E-state index contributed by atoms with van der Waals surface area (Å²) in [5, 5.41) is 7.16. The van der Waals surface area contributed by atoms with E-state index in [0.717, 1.165) is 11.1 Å². The minimum atomic E-state index is -0.581. The number of nitrogens with two attached hydrogens (primary N) is 1. The van der Waals surface area contributed by atoms with Gasteiger partial charge in [0, 0.05) is 12.6 Å². The Balaban J connectivity index is 2.28. The van der Waals surface area contributed by atoms with Crippen LogP contribution in [0.3, 0.4) is 0 Å². The van der Waals surface area contributed by atoms with Gasteiger partial charge in [0.05, 0.1) is 16.9 Å². The van der Waals surface area contributed by atoms with Gasteiger partial charge < -0.3 is 10.5 Å². The van der Waals surface area contributed by atoms with Crippen LogP contribution in [0.4, 0.5) is 16.3 Å². The molecule has 2 rings (SSSR count). The first-order valence-electron chi connectivity index (χ1n) is 6.75. The monoisotopic (exact) mass is 322 g/mol. The number of aromatic nitrogens is 2. The highest BCUT2D eigenvalue weighted by Gasteiger charge is 2.18. The summed E-state index contributed by atoms with van der Waals surface area (Å²) in [6, 6.07) is 5.24. The summed E-state index contributed by atoms with van der Waals surface area (Å²) in [5.41, 5.74) is 7.41. The molecule has 0 bridgehead atoms. The fourth-order valence-electron chi connectivity index (χ4n) is 1.87. The lowest BCUT2D eigenvalue weighted by Gasteiger charge is -2.20. The molecule has 0 unspecified atom stereocenters. The highest BCUT2D eigenvalue weighted by atomic mass is 35.5. The first kappa shape index (κ1) is 16.2. The number of aryl methyl sites for hydroxylation is 1. The standard InChI is InChI=1S/C15H19ClN4O2/c1-15(2,3)22-14(21)19-12-7-9(5-6-11(12)16)10-8-18-20(4)13(10)17/h5-8H,17H2,1-4H3,(H,19,21). The Morgan fingerprint density at radius 1 is 1.41 bits per heavy atom. The van der Waals surface area contributed by atoms with Crippen molar-refractivity contribution in [1.29, 1.82) is 0 Å². The molecule has 3 N–H and O–H groups in total. The van der Waals surface area contributed by atoms with Crippen LogP contribution in [0.1, 0.15) is 20.8 Å². The van der Waals surface area contributed by atoms with Gasteiger partial charge in [-0.15, -0.1) is 0 Å². The summed E-state index contributed by atoms with van der Waals surface area (Å²) in [6.07, 6.45) is 1.10. The predicted molar refractivity (Wildman–Crippen MR) is 87.9 cm³/mol. The Morgan fingerprint density at radius 2 is 2.09 bits per heavy atom. The van der Waals surface area contributed by atoms with E-state index in [0.29, 0.717) is 16.5 Å². The van der Waals surface area contributed by atoms with Gasteiger partial charge in [-0.05, 0) is 38.5 Å². The smallest absolute Gasteiger partial charge is 0.412 e. The van der Waals surface area contributed by atoms with Crippen LogP contribution >= 0.6 is 11.6 Å². The first-order valence-corrected chi connectivity index (χ1v) is 7.12. The molecule has 118 valence electrons. The average Bonchev–Trinajstić information content (AvgIpc) is 2.71. The molecule has 0 aliphatic heterocycles. The average molecular weight is 323 g/mol. The minimum Gasteiger partial charge on any atom is -0.444 e. The number of nitrogens with one attached hydrogen (secondary N) is 1. The van der Waals surface area contributed by atoms with Crippen molar-refractivity contribution in [2.45, 2.75) is 26.4 Å². The maximum Gasteiger partial charge on any atom is 0.412 e. The van der Waals surface area contributed by atoms with Crippen molar-refractivity contribution in [3.63, 3.8) is 0 Å². The number of nitrogen functional groups attached to an aromatic ring is 1. The van der Waals surface area contributed by atoms with Gasteiger partial charge in [0.2, 0.25) is 0 Å². The van der Waals surface area contributed by atoms with E-state index in [2.05, 4.69) is 10.4 Å². The van der Waals surface area contributed by atoms with Gasteiger partial charge in [0.25, 0.3) is 0 Å². The summed E-state index contributed by atoms with van der Waals surface area (Å²) in [7, 11) is 1.76. The second kappa shape index (κ2) is 5.88.